The number of aliphatic carboxylic acids is 1. The highest BCUT2D eigenvalue weighted by molar-refractivity contribution is 5.93. The summed E-state index contributed by atoms with van der Waals surface area (Å²) in [5, 5.41) is 14.9. The molecule has 5 N–H and O–H groups in total. The highest BCUT2D eigenvalue weighted by Crippen LogP contribution is 2.18. The van der Waals surface area contributed by atoms with Crippen LogP contribution >= 0.6 is 0 Å². The molecule has 0 aliphatic carbocycles. The lowest BCUT2D eigenvalue weighted by molar-refractivity contribution is -0.142. The van der Waals surface area contributed by atoms with Crippen LogP contribution in [-0.2, 0) is 25.6 Å². The van der Waals surface area contributed by atoms with Gasteiger partial charge in [-0.3, -0.25) is 14.4 Å². The summed E-state index contributed by atoms with van der Waals surface area (Å²) in [5.41, 5.74) is 6.21. The average molecular weight is 433 g/mol. The Morgan fingerprint density at radius 3 is 2.39 bits per heavy atom. The van der Waals surface area contributed by atoms with Gasteiger partial charge in [-0.1, -0.05) is 44.2 Å². The third-order valence-electron chi connectivity index (χ3n) is 5.29. The molecular weight excluding hydrogens is 400 g/mol. The predicted molar refractivity (Wildman–Crippen MR) is 115 cm³/mol. The van der Waals surface area contributed by atoms with Crippen molar-refractivity contribution in [1.29, 1.82) is 0 Å². The second-order valence-corrected chi connectivity index (χ2v) is 8.23. The van der Waals surface area contributed by atoms with Gasteiger partial charge in [0.05, 0.1) is 6.54 Å². The number of likely N-dealkylation sites (tertiary alicyclic amines) is 1. The van der Waals surface area contributed by atoms with Gasteiger partial charge in [-0.05, 0) is 30.7 Å². The van der Waals surface area contributed by atoms with Crippen molar-refractivity contribution in [2.24, 2.45) is 11.7 Å². The fourth-order valence-corrected chi connectivity index (χ4v) is 3.75. The first kappa shape index (κ1) is 24.3. The number of hydrogen-bond acceptors (Lipinski definition) is 5. The quantitative estimate of drug-likeness (QED) is 0.418. The Morgan fingerprint density at radius 1 is 1.13 bits per heavy atom. The maximum Gasteiger partial charge on any atom is 0.326 e. The summed E-state index contributed by atoms with van der Waals surface area (Å²) in [6, 6.07) is 6.31. The van der Waals surface area contributed by atoms with E-state index in [4.69, 9.17) is 5.73 Å². The Labute approximate surface area is 182 Å². The lowest BCUT2D eigenvalue weighted by atomic mass is 10.0. The summed E-state index contributed by atoms with van der Waals surface area (Å²) in [7, 11) is 0. The number of nitrogens with zero attached hydrogens (tertiary/aromatic N) is 1. The molecule has 1 heterocycles. The number of rotatable bonds is 10. The predicted octanol–water partition coefficient (Wildman–Crippen LogP) is 0.279. The number of carbonyl (C=O) groups is 4. The summed E-state index contributed by atoms with van der Waals surface area (Å²) >= 11 is 0. The molecule has 1 aromatic carbocycles. The van der Waals surface area contributed by atoms with Crippen LogP contribution in [0.5, 0.6) is 0 Å². The monoisotopic (exact) mass is 432 g/mol. The zero-order chi connectivity index (χ0) is 23.0. The highest BCUT2D eigenvalue weighted by atomic mass is 16.4. The summed E-state index contributed by atoms with van der Waals surface area (Å²) in [6.45, 7) is 4.09. The van der Waals surface area contributed by atoms with Crippen LogP contribution < -0.4 is 16.4 Å². The first-order chi connectivity index (χ1) is 14.7. The SMILES string of the molecule is CC(C)CC(NC(=O)C1CCCN1C(=O)CN)C(=O)NC(Cc1ccccc1)C(=O)O. The second-order valence-electron chi connectivity index (χ2n) is 8.23. The fraction of sp³-hybridized carbons (Fsp3) is 0.545. The minimum Gasteiger partial charge on any atom is -0.480 e. The van der Waals surface area contributed by atoms with E-state index in [0.29, 0.717) is 25.8 Å². The third kappa shape index (κ3) is 7.06. The van der Waals surface area contributed by atoms with Crippen LogP contribution in [0.25, 0.3) is 0 Å². The van der Waals surface area contributed by atoms with Gasteiger partial charge in [0.2, 0.25) is 17.7 Å². The van der Waals surface area contributed by atoms with Crippen LogP contribution in [0.15, 0.2) is 30.3 Å². The summed E-state index contributed by atoms with van der Waals surface area (Å²) in [4.78, 5) is 50.9. The van der Waals surface area contributed by atoms with Gasteiger partial charge >= 0.3 is 5.97 Å². The molecule has 0 radical (unpaired) electrons. The van der Waals surface area contributed by atoms with Gasteiger partial charge in [-0.25, -0.2) is 4.79 Å². The van der Waals surface area contributed by atoms with E-state index >= 15 is 0 Å². The Bertz CT molecular complexity index is 783. The molecule has 1 aliphatic heterocycles. The molecule has 3 atom stereocenters. The van der Waals surface area contributed by atoms with Crippen molar-refractivity contribution >= 4 is 23.7 Å². The summed E-state index contributed by atoms with van der Waals surface area (Å²) in [5.74, 6) is -2.35. The van der Waals surface area contributed by atoms with Gasteiger partial charge in [0.15, 0.2) is 0 Å². The van der Waals surface area contributed by atoms with E-state index in [1.807, 2.05) is 19.9 Å². The van der Waals surface area contributed by atoms with E-state index in [9.17, 15) is 24.3 Å². The Morgan fingerprint density at radius 2 is 1.81 bits per heavy atom. The molecule has 0 bridgehead atoms. The van der Waals surface area contributed by atoms with E-state index in [2.05, 4.69) is 10.6 Å². The molecule has 31 heavy (non-hydrogen) atoms. The molecule has 1 saturated heterocycles. The van der Waals surface area contributed by atoms with Gasteiger partial charge in [-0.2, -0.15) is 0 Å². The van der Waals surface area contributed by atoms with E-state index in [1.54, 1.807) is 24.3 Å². The minimum atomic E-state index is -1.15. The molecule has 3 amide bonds. The Balaban J connectivity index is 2.09. The summed E-state index contributed by atoms with van der Waals surface area (Å²) in [6.07, 6.45) is 1.65. The number of amides is 3. The van der Waals surface area contributed by atoms with Crippen LogP contribution in [-0.4, -0.2) is 64.9 Å². The minimum absolute atomic E-state index is 0.0822. The molecule has 1 fully saturated rings. The maximum absolute atomic E-state index is 12.9. The van der Waals surface area contributed by atoms with Gasteiger partial charge in [0.25, 0.3) is 0 Å². The zero-order valence-electron chi connectivity index (χ0n) is 18.0. The maximum atomic E-state index is 12.9. The molecule has 0 spiro atoms. The number of nitrogens with one attached hydrogen (secondary N) is 2. The first-order valence-corrected chi connectivity index (χ1v) is 10.6. The van der Waals surface area contributed by atoms with Crippen molar-refractivity contribution in [3.05, 3.63) is 35.9 Å². The van der Waals surface area contributed by atoms with Crippen molar-refractivity contribution < 1.29 is 24.3 Å². The van der Waals surface area contributed by atoms with Crippen LogP contribution in [0.2, 0.25) is 0 Å². The normalized spacial score (nSPS) is 17.8. The number of hydrogen-bond donors (Lipinski definition) is 4. The number of benzene rings is 1. The summed E-state index contributed by atoms with van der Waals surface area (Å²) < 4.78 is 0. The van der Waals surface area contributed by atoms with Gasteiger partial charge in [0.1, 0.15) is 18.1 Å². The molecule has 0 aromatic heterocycles. The third-order valence-corrected chi connectivity index (χ3v) is 5.29. The molecular formula is C22H32N4O5. The van der Waals surface area contributed by atoms with Crippen molar-refractivity contribution in [3.8, 4) is 0 Å². The number of carboxylic acid groups (broad SMARTS) is 1. The van der Waals surface area contributed by atoms with Crippen molar-refractivity contribution in [3.63, 3.8) is 0 Å². The van der Waals surface area contributed by atoms with E-state index in [-0.39, 0.29) is 24.8 Å². The fourth-order valence-electron chi connectivity index (χ4n) is 3.75. The molecule has 3 unspecified atom stereocenters. The van der Waals surface area contributed by atoms with Crippen LogP contribution in [0, 0.1) is 5.92 Å². The Hall–Kier alpha value is -2.94. The van der Waals surface area contributed by atoms with Crippen LogP contribution in [0.1, 0.15) is 38.7 Å². The van der Waals surface area contributed by atoms with E-state index < -0.39 is 35.9 Å². The van der Waals surface area contributed by atoms with Crippen LogP contribution in [0.3, 0.4) is 0 Å². The first-order valence-electron chi connectivity index (χ1n) is 10.6. The second kappa shape index (κ2) is 11.5. The van der Waals surface area contributed by atoms with Gasteiger partial charge in [-0.15, -0.1) is 0 Å². The largest absolute Gasteiger partial charge is 0.480 e. The molecule has 1 aromatic rings. The van der Waals surface area contributed by atoms with Crippen molar-refractivity contribution in [2.45, 2.75) is 57.7 Å². The van der Waals surface area contributed by atoms with E-state index in [0.717, 1.165) is 5.56 Å². The topological polar surface area (TPSA) is 142 Å². The van der Waals surface area contributed by atoms with Crippen molar-refractivity contribution in [2.75, 3.05) is 13.1 Å². The molecule has 1 aliphatic rings. The van der Waals surface area contributed by atoms with Gasteiger partial charge < -0.3 is 26.4 Å². The van der Waals surface area contributed by atoms with Crippen LogP contribution in [0.4, 0.5) is 0 Å². The molecule has 170 valence electrons. The lowest BCUT2D eigenvalue weighted by Crippen LogP contribution is -2.56. The number of carbonyl (C=O) groups excluding carboxylic acids is 3. The molecule has 9 heteroatoms. The Kier molecular flexibility index (Phi) is 8.99. The number of carboxylic acids is 1. The zero-order valence-corrected chi connectivity index (χ0v) is 18.0. The molecule has 2 rings (SSSR count). The average Bonchev–Trinajstić information content (AvgIpc) is 3.22. The molecule has 9 nitrogen and oxygen atoms in total. The molecule has 0 saturated carbocycles. The number of nitrogens with two attached hydrogens (primary N) is 1. The lowest BCUT2D eigenvalue weighted by Gasteiger charge is -2.27. The van der Waals surface area contributed by atoms with Gasteiger partial charge in [0, 0.05) is 13.0 Å². The smallest absolute Gasteiger partial charge is 0.326 e. The highest BCUT2D eigenvalue weighted by Gasteiger charge is 2.36. The van der Waals surface area contributed by atoms with Crippen molar-refractivity contribution in [1.82, 2.24) is 15.5 Å². The van der Waals surface area contributed by atoms with E-state index in [1.165, 1.54) is 4.90 Å². The standard InChI is InChI=1S/C22H32N4O5/c1-14(2)11-16(24-21(29)18-9-6-10-26(18)19(27)13-23)20(28)25-17(22(30)31)12-15-7-4-3-5-8-15/h3-5,7-8,14,16-18H,6,9-13,23H2,1-2H3,(H,24,29)(H,25,28)(H,30,31).